The standard InChI is InChI=1S/C15H17N3O5.C7H7ClN.Y/c19-8-18-13(20)4-3-12(15(18)22)17-7-10-5-9(6-16-23)1-2-11(10)14(17)21;1-5-2-3-6(9)4-7(5)8;/h1-2,5,12,16,19,23H,3-4,6-8H2;2-4,9H,1H3;/q;-1;. The van der Waals surface area contributed by atoms with Crippen LogP contribution in [-0.2, 0) is 55.4 Å². The number of hydrogen-bond donors (Lipinski definition) is 3. The average Bonchev–Trinajstić information content (AvgIpc) is 3.08. The molecule has 2 heterocycles. The number of rotatable bonds is 4. The Morgan fingerprint density at radius 3 is 2.52 bits per heavy atom. The molecule has 2 aromatic rings. The Bertz CT molecular complexity index is 1050. The molecule has 4 N–H and O–H groups in total. The Hall–Kier alpha value is -1.88. The molecule has 3 amide bonds. The van der Waals surface area contributed by atoms with Crippen molar-refractivity contribution >= 4 is 35.0 Å². The Morgan fingerprint density at radius 1 is 1.18 bits per heavy atom. The van der Waals surface area contributed by atoms with E-state index in [1.165, 1.54) is 4.90 Å². The third-order valence-electron chi connectivity index (χ3n) is 5.46. The van der Waals surface area contributed by atoms with Crippen LogP contribution in [0.2, 0.25) is 5.02 Å². The molecule has 1 radical (unpaired) electrons. The van der Waals surface area contributed by atoms with Crippen molar-refractivity contribution in [2.45, 2.75) is 38.9 Å². The number of imide groups is 1. The molecule has 2 aromatic carbocycles. The summed E-state index contributed by atoms with van der Waals surface area (Å²) in [6.07, 6.45) is 0.385. The summed E-state index contributed by atoms with van der Waals surface area (Å²) < 4.78 is 0. The molecule has 0 spiro atoms. The summed E-state index contributed by atoms with van der Waals surface area (Å²) in [7, 11) is 0. The van der Waals surface area contributed by atoms with E-state index >= 15 is 0 Å². The van der Waals surface area contributed by atoms with Crippen molar-refractivity contribution in [3.05, 3.63) is 69.4 Å². The Balaban J connectivity index is 0.000000326. The molecule has 11 heteroatoms. The molecule has 2 aliphatic heterocycles. The number of nitrogens with zero attached hydrogens (tertiary/aromatic N) is 2. The Kier molecular flexibility index (Phi) is 9.96. The van der Waals surface area contributed by atoms with E-state index in [1.807, 2.05) is 13.0 Å². The summed E-state index contributed by atoms with van der Waals surface area (Å²) in [5.41, 5.74) is 12.8. The van der Waals surface area contributed by atoms with Crippen molar-refractivity contribution in [1.29, 1.82) is 0 Å². The molecule has 33 heavy (non-hydrogen) atoms. The minimum atomic E-state index is -0.737. The summed E-state index contributed by atoms with van der Waals surface area (Å²) >= 11 is 5.69. The molecular weight excluding hydrogens is 525 g/mol. The molecule has 173 valence electrons. The number of fused-ring (bicyclic) bond motifs is 1. The van der Waals surface area contributed by atoms with Gasteiger partial charge in [-0.3, -0.25) is 19.3 Å². The van der Waals surface area contributed by atoms with Gasteiger partial charge in [-0.2, -0.15) is 0 Å². The van der Waals surface area contributed by atoms with Crippen LogP contribution in [0.25, 0.3) is 5.73 Å². The molecular formula is C22H24ClN4O5Y-. The Morgan fingerprint density at radius 2 is 1.91 bits per heavy atom. The summed E-state index contributed by atoms with van der Waals surface area (Å²) in [6.45, 7) is 1.78. The number of carbonyl (C=O) groups is 3. The number of aliphatic hydroxyl groups excluding tert-OH is 1. The van der Waals surface area contributed by atoms with Gasteiger partial charge in [-0.05, 0) is 36.1 Å². The molecule has 0 bridgehead atoms. The molecule has 0 saturated carbocycles. The number of halogens is 1. The van der Waals surface area contributed by atoms with Gasteiger partial charge in [-0.15, -0.1) is 5.69 Å². The van der Waals surface area contributed by atoms with Crippen molar-refractivity contribution in [2.24, 2.45) is 0 Å². The van der Waals surface area contributed by atoms with Gasteiger partial charge in [0.25, 0.3) is 11.8 Å². The molecule has 1 fully saturated rings. The number of aliphatic hydroxyl groups is 1. The van der Waals surface area contributed by atoms with Gasteiger partial charge >= 0.3 is 0 Å². The summed E-state index contributed by atoms with van der Waals surface area (Å²) in [5.74, 6) is -1.22. The number of aryl methyl sites for hydroxylation is 1. The zero-order valence-corrected chi connectivity index (χ0v) is 21.6. The second-order valence-corrected chi connectivity index (χ2v) is 7.99. The summed E-state index contributed by atoms with van der Waals surface area (Å²) in [6, 6.07) is 9.67. The normalized spacial score (nSPS) is 17.3. The predicted octanol–water partition coefficient (Wildman–Crippen LogP) is 2.92. The molecule has 2 aliphatic rings. The zero-order valence-electron chi connectivity index (χ0n) is 18.0. The molecule has 4 rings (SSSR count). The van der Waals surface area contributed by atoms with E-state index < -0.39 is 24.6 Å². The fourth-order valence-electron chi connectivity index (χ4n) is 3.70. The SMILES string of the molecule is Cc1ccc([NH-])cc1Cl.O=C1CCC(N2Cc3cc(CNO)ccc3C2=O)C(=O)N1CO.[Y]. The fourth-order valence-corrected chi connectivity index (χ4v) is 3.88. The first-order chi connectivity index (χ1) is 15.3. The number of hydrogen-bond acceptors (Lipinski definition) is 6. The first-order valence-corrected chi connectivity index (χ1v) is 10.4. The maximum absolute atomic E-state index is 12.5. The van der Waals surface area contributed by atoms with Crippen LogP contribution in [0.3, 0.4) is 0 Å². The third-order valence-corrected chi connectivity index (χ3v) is 5.87. The first-order valence-electron chi connectivity index (χ1n) is 9.99. The van der Waals surface area contributed by atoms with E-state index in [0.29, 0.717) is 16.3 Å². The maximum Gasteiger partial charge on any atom is 0.255 e. The van der Waals surface area contributed by atoms with E-state index in [9.17, 15) is 19.5 Å². The topological polar surface area (TPSA) is 134 Å². The Labute approximate surface area is 221 Å². The zero-order chi connectivity index (χ0) is 23.4. The number of piperidine rings is 1. The van der Waals surface area contributed by atoms with Gasteiger partial charge in [0.1, 0.15) is 12.8 Å². The van der Waals surface area contributed by atoms with Gasteiger partial charge in [0, 0.05) is 62.8 Å². The monoisotopic (exact) mass is 548 g/mol. The van der Waals surface area contributed by atoms with E-state index in [-0.39, 0.29) is 64.5 Å². The van der Waals surface area contributed by atoms with Gasteiger partial charge in [0.15, 0.2) is 0 Å². The molecule has 0 aliphatic carbocycles. The quantitative estimate of drug-likeness (QED) is 0.397. The molecule has 1 unspecified atom stereocenters. The number of benzene rings is 2. The number of carbonyl (C=O) groups excluding carboxylic acids is 3. The van der Waals surface area contributed by atoms with Crippen molar-refractivity contribution in [2.75, 3.05) is 6.73 Å². The second-order valence-electron chi connectivity index (χ2n) is 7.58. The predicted molar refractivity (Wildman–Crippen MR) is 117 cm³/mol. The van der Waals surface area contributed by atoms with Crippen LogP contribution in [0.4, 0.5) is 5.69 Å². The van der Waals surface area contributed by atoms with Crippen LogP contribution in [0, 0.1) is 6.92 Å². The van der Waals surface area contributed by atoms with Crippen molar-refractivity contribution in [1.82, 2.24) is 15.3 Å². The first kappa shape index (κ1) is 27.4. The number of amides is 3. The number of hydroxylamine groups is 1. The molecule has 1 saturated heterocycles. The van der Waals surface area contributed by atoms with Crippen LogP contribution in [0.5, 0.6) is 0 Å². The van der Waals surface area contributed by atoms with Gasteiger partial charge in [-0.1, -0.05) is 41.9 Å². The van der Waals surface area contributed by atoms with Crippen LogP contribution in [0.15, 0.2) is 36.4 Å². The van der Waals surface area contributed by atoms with Gasteiger partial charge < -0.3 is 20.9 Å². The number of likely N-dealkylation sites (tertiary alicyclic amines) is 1. The fraction of sp³-hybridized carbons (Fsp3) is 0.318. The van der Waals surface area contributed by atoms with Crippen LogP contribution in [0.1, 0.15) is 39.9 Å². The van der Waals surface area contributed by atoms with E-state index in [4.69, 9.17) is 22.5 Å². The summed E-state index contributed by atoms with van der Waals surface area (Å²) in [5, 5.41) is 18.6. The third kappa shape index (κ3) is 6.17. The van der Waals surface area contributed by atoms with E-state index in [0.717, 1.165) is 21.6 Å². The summed E-state index contributed by atoms with van der Waals surface area (Å²) in [4.78, 5) is 38.7. The van der Waals surface area contributed by atoms with Crippen LogP contribution < -0.4 is 5.48 Å². The van der Waals surface area contributed by atoms with E-state index in [1.54, 1.807) is 30.3 Å². The van der Waals surface area contributed by atoms with Crippen molar-refractivity contribution in [3.63, 3.8) is 0 Å². The minimum Gasteiger partial charge on any atom is -0.699 e. The minimum absolute atomic E-state index is 0. The molecule has 0 aromatic heterocycles. The van der Waals surface area contributed by atoms with Gasteiger partial charge in [-0.25, -0.2) is 5.48 Å². The smallest absolute Gasteiger partial charge is 0.255 e. The second kappa shape index (κ2) is 12.0. The maximum atomic E-state index is 12.5. The van der Waals surface area contributed by atoms with Crippen LogP contribution in [-0.4, -0.2) is 50.6 Å². The van der Waals surface area contributed by atoms with Crippen molar-refractivity contribution in [3.8, 4) is 0 Å². The number of nitrogens with one attached hydrogen (secondary N) is 2. The van der Waals surface area contributed by atoms with Gasteiger partial charge in [0.2, 0.25) is 5.91 Å². The average molecular weight is 549 g/mol. The van der Waals surface area contributed by atoms with E-state index in [2.05, 4.69) is 5.48 Å². The largest absolute Gasteiger partial charge is 0.699 e. The van der Waals surface area contributed by atoms with Crippen molar-refractivity contribution < 1.29 is 57.4 Å². The molecule has 9 nitrogen and oxygen atoms in total. The van der Waals surface area contributed by atoms with Gasteiger partial charge in [0.05, 0.1) is 0 Å². The molecule has 1 atom stereocenters. The van der Waals surface area contributed by atoms with Crippen LogP contribution >= 0.6 is 11.6 Å².